The number of benzene rings is 3. The zero-order valence-electron chi connectivity index (χ0n) is 23.0. The molecule has 10 nitrogen and oxygen atoms in total. The number of nitrogens with zero attached hydrogens (tertiary/aromatic N) is 1. The molecule has 0 bridgehead atoms. The third-order valence-electron chi connectivity index (χ3n) is 6.45. The van der Waals surface area contributed by atoms with Crippen LogP contribution in [0.1, 0.15) is 59.6 Å². The molecule has 11 heteroatoms. The molecule has 0 saturated carbocycles. The van der Waals surface area contributed by atoms with Gasteiger partial charge >= 0.3 is 23.9 Å². The van der Waals surface area contributed by atoms with Gasteiger partial charge in [-0.25, -0.2) is 24.2 Å². The molecule has 0 unspecified atom stereocenters. The summed E-state index contributed by atoms with van der Waals surface area (Å²) in [5.74, 6) is -2.62. The second-order valence-corrected chi connectivity index (χ2v) is 10.2. The summed E-state index contributed by atoms with van der Waals surface area (Å²) >= 11 is 1.09. The maximum Gasteiger partial charge on any atom is 0.357 e. The van der Waals surface area contributed by atoms with Crippen LogP contribution in [-0.2, 0) is 23.7 Å². The van der Waals surface area contributed by atoms with Crippen molar-refractivity contribution in [2.75, 3.05) is 13.2 Å². The van der Waals surface area contributed by atoms with Gasteiger partial charge in [-0.15, -0.1) is 11.3 Å². The van der Waals surface area contributed by atoms with Crippen molar-refractivity contribution in [1.82, 2.24) is 4.98 Å². The molecule has 0 spiro atoms. The first kappa shape index (κ1) is 29.6. The molecule has 1 aromatic heterocycles. The number of hydrogen-bond donors (Lipinski definition) is 0. The fourth-order valence-electron chi connectivity index (χ4n) is 4.40. The summed E-state index contributed by atoms with van der Waals surface area (Å²) in [6, 6.07) is 24.9. The molecule has 5 rings (SSSR count). The third kappa shape index (κ3) is 7.14. The van der Waals surface area contributed by atoms with Gasteiger partial charge in [-0.05, 0) is 43.3 Å². The van der Waals surface area contributed by atoms with Gasteiger partial charge in [0, 0.05) is 5.38 Å². The Morgan fingerprint density at radius 2 is 1.21 bits per heavy atom. The molecule has 0 aliphatic carbocycles. The van der Waals surface area contributed by atoms with Crippen molar-refractivity contribution in [3.05, 3.63) is 124 Å². The highest BCUT2D eigenvalue weighted by Crippen LogP contribution is 2.39. The molecule has 1 aliphatic heterocycles. The van der Waals surface area contributed by atoms with E-state index < -0.39 is 48.3 Å². The second-order valence-electron chi connectivity index (χ2n) is 9.32. The Hall–Kier alpha value is -4.87. The van der Waals surface area contributed by atoms with E-state index in [1.807, 2.05) is 0 Å². The van der Waals surface area contributed by atoms with Crippen molar-refractivity contribution in [1.29, 1.82) is 0 Å². The zero-order valence-corrected chi connectivity index (χ0v) is 23.8. The van der Waals surface area contributed by atoms with Crippen LogP contribution in [-0.4, -0.2) is 60.4 Å². The van der Waals surface area contributed by atoms with E-state index in [0.29, 0.717) is 5.56 Å². The van der Waals surface area contributed by atoms with E-state index in [4.69, 9.17) is 23.7 Å². The monoisotopic (exact) mass is 601 g/mol. The molecule has 1 fully saturated rings. The van der Waals surface area contributed by atoms with Crippen LogP contribution in [0.25, 0.3) is 0 Å². The number of esters is 4. The van der Waals surface area contributed by atoms with Crippen molar-refractivity contribution in [2.45, 2.75) is 31.3 Å². The largest absolute Gasteiger partial charge is 0.461 e. The summed E-state index contributed by atoms with van der Waals surface area (Å²) in [5.41, 5.74) is 0.897. The fourth-order valence-corrected chi connectivity index (χ4v) is 5.25. The summed E-state index contributed by atoms with van der Waals surface area (Å²) in [5, 5.41) is 1.78. The van der Waals surface area contributed by atoms with E-state index in [1.165, 1.54) is 5.38 Å². The van der Waals surface area contributed by atoms with Gasteiger partial charge in [0.1, 0.15) is 17.7 Å². The van der Waals surface area contributed by atoms with Crippen LogP contribution in [0, 0.1) is 0 Å². The summed E-state index contributed by atoms with van der Waals surface area (Å²) in [6.45, 7) is 1.51. The lowest BCUT2D eigenvalue weighted by atomic mass is 10.1. The average Bonchev–Trinajstić information content (AvgIpc) is 3.66. The van der Waals surface area contributed by atoms with Crippen LogP contribution >= 0.6 is 11.3 Å². The highest BCUT2D eigenvalue weighted by Gasteiger charge is 2.52. The topological polar surface area (TPSA) is 127 Å². The van der Waals surface area contributed by atoms with Gasteiger partial charge in [-0.1, -0.05) is 54.6 Å². The molecular formula is C32H27NO9S. The van der Waals surface area contributed by atoms with E-state index in [0.717, 1.165) is 11.3 Å². The molecule has 0 amide bonds. The Bertz CT molecular complexity index is 1560. The average molecular weight is 602 g/mol. The smallest absolute Gasteiger partial charge is 0.357 e. The van der Waals surface area contributed by atoms with Crippen molar-refractivity contribution >= 4 is 35.2 Å². The van der Waals surface area contributed by atoms with E-state index >= 15 is 0 Å². The first-order valence-corrected chi connectivity index (χ1v) is 14.3. The number of carbonyl (C=O) groups is 4. The lowest BCUT2D eigenvalue weighted by molar-refractivity contribution is -0.0450. The SMILES string of the molecule is CCOC(=O)c1csc([C@@H]2O[C@@H](COC(=O)c3ccccc3)[C@@H](OC(=O)c3ccccc3)[C@@H]2OC(=O)c2ccccc2)n1. The van der Waals surface area contributed by atoms with Crippen LogP contribution < -0.4 is 0 Å². The summed E-state index contributed by atoms with van der Waals surface area (Å²) in [7, 11) is 0. The van der Waals surface area contributed by atoms with Gasteiger partial charge < -0.3 is 23.7 Å². The minimum absolute atomic E-state index is 0.0513. The summed E-state index contributed by atoms with van der Waals surface area (Å²) in [6.07, 6.45) is -4.52. The zero-order chi connectivity index (χ0) is 30.2. The van der Waals surface area contributed by atoms with Gasteiger partial charge in [-0.2, -0.15) is 0 Å². The van der Waals surface area contributed by atoms with Crippen LogP contribution in [0.4, 0.5) is 0 Å². The predicted octanol–water partition coefficient (Wildman–Crippen LogP) is 5.07. The number of carbonyl (C=O) groups excluding carboxylic acids is 4. The van der Waals surface area contributed by atoms with Crippen LogP contribution in [0.15, 0.2) is 96.4 Å². The van der Waals surface area contributed by atoms with Gasteiger partial charge in [0.2, 0.25) is 0 Å². The quantitative estimate of drug-likeness (QED) is 0.180. The standard InChI is InChI=1S/C32H27NO9S/c1-2-38-32(37)23-19-43-28(33-23)27-26(42-31(36)22-16-10-5-11-17-22)25(41-30(35)21-14-8-4-9-15-21)24(40-27)18-39-29(34)20-12-6-3-7-13-20/h3-17,19,24-27H,2,18H2,1H3/t24-,25+,26-,27+/m0/s1. The third-order valence-corrected chi connectivity index (χ3v) is 7.36. The van der Waals surface area contributed by atoms with E-state index in [9.17, 15) is 19.2 Å². The number of aromatic nitrogens is 1. The molecule has 1 aliphatic rings. The van der Waals surface area contributed by atoms with Crippen LogP contribution in [0.3, 0.4) is 0 Å². The molecular weight excluding hydrogens is 574 g/mol. The van der Waals surface area contributed by atoms with Crippen LogP contribution in [0.2, 0.25) is 0 Å². The highest BCUT2D eigenvalue weighted by atomic mass is 32.1. The molecule has 4 atom stereocenters. The number of thiazole rings is 1. The number of ether oxygens (including phenoxy) is 5. The molecule has 1 saturated heterocycles. The molecule has 43 heavy (non-hydrogen) atoms. The highest BCUT2D eigenvalue weighted by molar-refractivity contribution is 7.09. The van der Waals surface area contributed by atoms with Gasteiger partial charge in [0.25, 0.3) is 0 Å². The Morgan fingerprint density at radius 3 is 1.74 bits per heavy atom. The predicted molar refractivity (Wildman–Crippen MR) is 154 cm³/mol. The van der Waals surface area contributed by atoms with Crippen molar-refractivity contribution < 1.29 is 42.9 Å². The fraction of sp³-hybridized carbons (Fsp3) is 0.219. The maximum atomic E-state index is 13.2. The van der Waals surface area contributed by atoms with E-state index in [2.05, 4.69) is 4.98 Å². The molecule has 220 valence electrons. The molecule has 4 aromatic rings. The minimum atomic E-state index is -1.21. The first-order chi connectivity index (χ1) is 20.9. The summed E-state index contributed by atoms with van der Waals surface area (Å²) < 4.78 is 28.7. The molecule has 2 heterocycles. The molecule has 3 aromatic carbocycles. The van der Waals surface area contributed by atoms with Crippen molar-refractivity contribution in [3.63, 3.8) is 0 Å². The van der Waals surface area contributed by atoms with Gasteiger partial charge in [-0.3, -0.25) is 0 Å². The molecule has 0 N–H and O–H groups in total. The summed E-state index contributed by atoms with van der Waals surface area (Å²) in [4.78, 5) is 55.9. The number of rotatable bonds is 10. The van der Waals surface area contributed by atoms with Crippen molar-refractivity contribution in [3.8, 4) is 0 Å². The Kier molecular flexibility index (Phi) is 9.55. The lowest BCUT2D eigenvalue weighted by Gasteiger charge is -2.24. The Labute approximate surface area is 251 Å². The van der Waals surface area contributed by atoms with Gasteiger partial charge in [0.15, 0.2) is 24.0 Å². The first-order valence-electron chi connectivity index (χ1n) is 13.5. The Morgan fingerprint density at radius 1 is 0.698 bits per heavy atom. The lowest BCUT2D eigenvalue weighted by Crippen LogP contribution is -2.40. The minimum Gasteiger partial charge on any atom is -0.461 e. The van der Waals surface area contributed by atoms with Gasteiger partial charge in [0.05, 0.1) is 23.3 Å². The van der Waals surface area contributed by atoms with Crippen LogP contribution in [0.5, 0.6) is 0 Å². The van der Waals surface area contributed by atoms with E-state index in [-0.39, 0.29) is 35.0 Å². The maximum absolute atomic E-state index is 13.2. The second kappa shape index (κ2) is 13.9. The molecule has 0 radical (unpaired) electrons. The normalized spacial score (nSPS) is 19.3. The number of hydrogen-bond acceptors (Lipinski definition) is 11. The van der Waals surface area contributed by atoms with Crippen molar-refractivity contribution in [2.24, 2.45) is 0 Å². The van der Waals surface area contributed by atoms with E-state index in [1.54, 1.807) is 97.9 Å². The Balaban J connectivity index is 1.47.